The number of hydrogen-bond acceptors (Lipinski definition) is 4. The second-order valence-electron chi connectivity index (χ2n) is 4.80. The molecular weight excluding hydrogens is 278 g/mol. The first-order valence-electron chi connectivity index (χ1n) is 6.57. The number of benzene rings is 1. The van der Waals surface area contributed by atoms with Crippen LogP contribution in [-0.2, 0) is 4.79 Å². The molecule has 1 aliphatic heterocycles. The Morgan fingerprint density at radius 2 is 2.15 bits per heavy atom. The third-order valence-corrected chi connectivity index (χ3v) is 3.36. The Hall–Kier alpha value is -1.30. The van der Waals surface area contributed by atoms with E-state index in [1.165, 1.54) is 0 Å². The standard InChI is InChI=1S/C14H21N3O2.ClH/c1-11-9-15-7-8-17(11)10-14(18)16-12-3-5-13(19-2)6-4-12;/h3-6,11,15H,7-10H2,1-2H3,(H,16,18);1H/t11-;/m0./s1. The van der Waals surface area contributed by atoms with E-state index in [9.17, 15) is 4.79 Å². The molecule has 0 bridgehead atoms. The largest absolute Gasteiger partial charge is 0.497 e. The molecule has 1 heterocycles. The molecule has 1 saturated heterocycles. The Morgan fingerprint density at radius 1 is 1.45 bits per heavy atom. The van der Waals surface area contributed by atoms with Crippen molar-refractivity contribution in [2.45, 2.75) is 13.0 Å². The minimum atomic E-state index is 0. The molecule has 0 unspecified atom stereocenters. The monoisotopic (exact) mass is 299 g/mol. The number of nitrogens with one attached hydrogen (secondary N) is 2. The summed E-state index contributed by atoms with van der Waals surface area (Å²) in [5.74, 6) is 0.813. The van der Waals surface area contributed by atoms with Crippen LogP contribution in [0.2, 0.25) is 0 Å². The lowest BCUT2D eigenvalue weighted by Crippen LogP contribution is -2.51. The van der Waals surface area contributed by atoms with E-state index >= 15 is 0 Å². The SMILES string of the molecule is COc1ccc(NC(=O)CN2CCNC[C@@H]2C)cc1.Cl. The van der Waals surface area contributed by atoms with E-state index in [1.807, 2.05) is 24.3 Å². The summed E-state index contributed by atoms with van der Waals surface area (Å²) in [4.78, 5) is 14.2. The fraction of sp³-hybridized carbons (Fsp3) is 0.500. The van der Waals surface area contributed by atoms with Gasteiger partial charge in [0.05, 0.1) is 13.7 Å². The topological polar surface area (TPSA) is 53.6 Å². The Balaban J connectivity index is 0.00000200. The highest BCUT2D eigenvalue weighted by Gasteiger charge is 2.20. The van der Waals surface area contributed by atoms with Gasteiger partial charge in [0.2, 0.25) is 5.91 Å². The van der Waals surface area contributed by atoms with Crippen LogP contribution in [0, 0.1) is 0 Å². The van der Waals surface area contributed by atoms with E-state index in [4.69, 9.17) is 4.74 Å². The molecule has 2 rings (SSSR count). The first kappa shape index (κ1) is 16.8. The molecule has 0 spiro atoms. The summed E-state index contributed by atoms with van der Waals surface area (Å²) >= 11 is 0. The van der Waals surface area contributed by atoms with Gasteiger partial charge in [-0.2, -0.15) is 0 Å². The maximum Gasteiger partial charge on any atom is 0.238 e. The van der Waals surface area contributed by atoms with Gasteiger partial charge < -0.3 is 15.4 Å². The number of methoxy groups -OCH3 is 1. The number of hydrogen-bond donors (Lipinski definition) is 2. The first-order chi connectivity index (χ1) is 9.19. The Labute approximate surface area is 126 Å². The third kappa shape index (κ3) is 4.67. The smallest absolute Gasteiger partial charge is 0.238 e. The summed E-state index contributed by atoms with van der Waals surface area (Å²) in [5, 5.41) is 6.22. The minimum Gasteiger partial charge on any atom is -0.497 e. The van der Waals surface area contributed by atoms with Crippen molar-refractivity contribution in [3.8, 4) is 5.75 Å². The summed E-state index contributed by atoms with van der Waals surface area (Å²) in [6, 6.07) is 7.76. The van der Waals surface area contributed by atoms with Crippen molar-refractivity contribution in [1.29, 1.82) is 0 Å². The first-order valence-corrected chi connectivity index (χ1v) is 6.57. The zero-order valence-corrected chi connectivity index (χ0v) is 12.7. The number of amides is 1. The van der Waals surface area contributed by atoms with Gasteiger partial charge in [-0.25, -0.2) is 0 Å². The van der Waals surface area contributed by atoms with Crippen molar-refractivity contribution >= 4 is 24.0 Å². The van der Waals surface area contributed by atoms with Crippen LogP contribution in [0.15, 0.2) is 24.3 Å². The number of rotatable bonds is 4. The van der Waals surface area contributed by atoms with Gasteiger partial charge in [-0.1, -0.05) is 0 Å². The zero-order chi connectivity index (χ0) is 13.7. The van der Waals surface area contributed by atoms with E-state index in [0.717, 1.165) is 31.1 Å². The van der Waals surface area contributed by atoms with Crippen LogP contribution in [0.3, 0.4) is 0 Å². The van der Waals surface area contributed by atoms with Gasteiger partial charge in [0.1, 0.15) is 5.75 Å². The number of carbonyl (C=O) groups is 1. The molecule has 1 amide bonds. The van der Waals surface area contributed by atoms with Gasteiger partial charge >= 0.3 is 0 Å². The summed E-state index contributed by atoms with van der Waals surface area (Å²) in [5.41, 5.74) is 0.800. The molecule has 5 nitrogen and oxygen atoms in total. The zero-order valence-electron chi connectivity index (χ0n) is 11.9. The molecule has 1 aliphatic rings. The Kier molecular flexibility index (Phi) is 6.78. The molecule has 112 valence electrons. The molecule has 1 atom stereocenters. The molecule has 1 fully saturated rings. The highest BCUT2D eigenvalue weighted by Crippen LogP contribution is 2.15. The summed E-state index contributed by atoms with van der Waals surface area (Å²) < 4.78 is 5.08. The summed E-state index contributed by atoms with van der Waals surface area (Å²) in [6.07, 6.45) is 0. The number of carbonyl (C=O) groups excluding carboxylic acids is 1. The molecule has 2 N–H and O–H groups in total. The van der Waals surface area contributed by atoms with Crippen LogP contribution >= 0.6 is 12.4 Å². The van der Waals surface area contributed by atoms with Crippen LogP contribution in [-0.4, -0.2) is 50.1 Å². The van der Waals surface area contributed by atoms with Gasteiger partial charge in [-0.05, 0) is 31.2 Å². The van der Waals surface area contributed by atoms with Crippen LogP contribution in [0.5, 0.6) is 5.75 Å². The molecule has 1 aromatic carbocycles. The number of anilines is 1. The van der Waals surface area contributed by atoms with Crippen LogP contribution in [0.4, 0.5) is 5.69 Å². The number of halogens is 1. The average molecular weight is 300 g/mol. The van der Waals surface area contributed by atoms with Crippen molar-refractivity contribution in [2.24, 2.45) is 0 Å². The van der Waals surface area contributed by atoms with E-state index in [1.54, 1.807) is 7.11 Å². The molecule has 6 heteroatoms. The summed E-state index contributed by atoms with van der Waals surface area (Å²) in [7, 11) is 1.62. The predicted octanol–water partition coefficient (Wildman–Crippen LogP) is 1.35. The Bertz CT molecular complexity index is 425. The molecular formula is C14H22ClN3O2. The average Bonchev–Trinajstić information content (AvgIpc) is 2.42. The summed E-state index contributed by atoms with van der Waals surface area (Å²) in [6.45, 7) is 5.37. The van der Waals surface area contributed by atoms with Gasteiger partial charge in [-0.15, -0.1) is 12.4 Å². The molecule has 0 radical (unpaired) electrons. The minimum absolute atomic E-state index is 0. The lowest BCUT2D eigenvalue weighted by atomic mass is 10.2. The fourth-order valence-corrected chi connectivity index (χ4v) is 2.18. The molecule has 20 heavy (non-hydrogen) atoms. The Morgan fingerprint density at radius 3 is 2.75 bits per heavy atom. The maximum atomic E-state index is 12.0. The van der Waals surface area contributed by atoms with Crippen LogP contribution in [0.25, 0.3) is 0 Å². The normalized spacial score (nSPS) is 19.0. The van der Waals surface area contributed by atoms with Gasteiger partial charge in [-0.3, -0.25) is 9.69 Å². The number of nitrogens with zero attached hydrogens (tertiary/aromatic N) is 1. The lowest BCUT2D eigenvalue weighted by Gasteiger charge is -2.33. The van der Waals surface area contributed by atoms with Gasteiger partial charge in [0.15, 0.2) is 0 Å². The van der Waals surface area contributed by atoms with Gasteiger partial charge in [0.25, 0.3) is 0 Å². The quantitative estimate of drug-likeness (QED) is 0.881. The van der Waals surface area contributed by atoms with Gasteiger partial charge in [0, 0.05) is 31.4 Å². The highest BCUT2D eigenvalue weighted by atomic mass is 35.5. The van der Waals surface area contributed by atoms with E-state index in [2.05, 4.69) is 22.5 Å². The van der Waals surface area contributed by atoms with E-state index in [-0.39, 0.29) is 18.3 Å². The van der Waals surface area contributed by atoms with E-state index < -0.39 is 0 Å². The fourth-order valence-electron chi connectivity index (χ4n) is 2.18. The second-order valence-corrected chi connectivity index (χ2v) is 4.80. The highest BCUT2D eigenvalue weighted by molar-refractivity contribution is 5.92. The maximum absolute atomic E-state index is 12.0. The third-order valence-electron chi connectivity index (χ3n) is 3.36. The van der Waals surface area contributed by atoms with E-state index in [0.29, 0.717) is 12.6 Å². The van der Waals surface area contributed by atoms with Crippen molar-refractivity contribution in [3.05, 3.63) is 24.3 Å². The van der Waals surface area contributed by atoms with Crippen LogP contribution in [0.1, 0.15) is 6.92 Å². The van der Waals surface area contributed by atoms with Crippen molar-refractivity contribution in [2.75, 3.05) is 38.6 Å². The molecule has 0 aromatic heterocycles. The molecule has 1 aromatic rings. The number of ether oxygens (including phenoxy) is 1. The van der Waals surface area contributed by atoms with Crippen LogP contribution < -0.4 is 15.4 Å². The van der Waals surface area contributed by atoms with Crippen molar-refractivity contribution < 1.29 is 9.53 Å². The molecule has 0 saturated carbocycles. The second kappa shape index (κ2) is 8.09. The predicted molar refractivity (Wildman–Crippen MR) is 82.8 cm³/mol. The number of piperazine rings is 1. The lowest BCUT2D eigenvalue weighted by molar-refractivity contribution is -0.118. The van der Waals surface area contributed by atoms with Crippen molar-refractivity contribution in [3.63, 3.8) is 0 Å². The molecule has 0 aliphatic carbocycles. The van der Waals surface area contributed by atoms with Crippen molar-refractivity contribution in [1.82, 2.24) is 10.2 Å².